The fraction of sp³-hybridized carbons (Fsp3) is 0.278. The van der Waals surface area contributed by atoms with Crippen LogP contribution in [0.3, 0.4) is 0 Å². The van der Waals surface area contributed by atoms with Crippen LogP contribution in [0.5, 0.6) is 5.75 Å². The normalized spacial score (nSPS) is 11.2. The van der Waals surface area contributed by atoms with Crippen LogP contribution in [0.4, 0.5) is 0 Å². The zero-order valence-electron chi connectivity index (χ0n) is 14.6. The van der Waals surface area contributed by atoms with Crippen molar-refractivity contribution in [3.05, 3.63) is 58.7 Å². The van der Waals surface area contributed by atoms with Crippen LogP contribution in [0, 0.1) is 13.8 Å². The zero-order valence-corrected chi connectivity index (χ0v) is 15.4. The number of hydrogen-bond donors (Lipinski definition) is 1. The van der Waals surface area contributed by atoms with Gasteiger partial charge in [0.15, 0.2) is 0 Å². The van der Waals surface area contributed by atoms with Crippen molar-refractivity contribution in [1.29, 1.82) is 0 Å². The van der Waals surface area contributed by atoms with E-state index in [1.54, 1.807) is 0 Å². The Morgan fingerprint density at radius 3 is 2.48 bits per heavy atom. The maximum absolute atomic E-state index is 12.3. The summed E-state index contributed by atoms with van der Waals surface area (Å²) in [5, 5.41) is 0. The molecule has 0 aromatic heterocycles. The maximum Gasteiger partial charge on any atom is 0.338 e. The Morgan fingerprint density at radius 2 is 1.84 bits per heavy atom. The Bertz CT molecular complexity index is 890. The molecule has 0 heterocycles. The van der Waals surface area contributed by atoms with Crippen LogP contribution >= 0.6 is 0 Å². The summed E-state index contributed by atoms with van der Waals surface area (Å²) < 4.78 is 36.7. The Morgan fingerprint density at radius 1 is 1.12 bits per heavy atom. The highest BCUT2D eigenvalue weighted by Crippen LogP contribution is 2.25. The topological polar surface area (TPSA) is 81.7 Å². The van der Waals surface area contributed by atoms with Crippen molar-refractivity contribution in [1.82, 2.24) is 4.72 Å². The molecule has 0 aliphatic heterocycles. The van der Waals surface area contributed by atoms with Crippen LogP contribution in [-0.2, 0) is 21.4 Å². The van der Waals surface area contributed by atoms with Crippen LogP contribution < -0.4 is 9.46 Å². The van der Waals surface area contributed by atoms with E-state index < -0.39 is 16.0 Å². The molecular formula is C18H21NO5S. The van der Waals surface area contributed by atoms with Gasteiger partial charge >= 0.3 is 5.97 Å². The van der Waals surface area contributed by atoms with Gasteiger partial charge in [-0.05, 0) is 50.2 Å². The fourth-order valence-corrected chi connectivity index (χ4v) is 3.22. The van der Waals surface area contributed by atoms with Crippen molar-refractivity contribution >= 4 is 16.0 Å². The van der Waals surface area contributed by atoms with E-state index in [1.165, 1.54) is 32.4 Å². The molecule has 0 atom stereocenters. The van der Waals surface area contributed by atoms with Gasteiger partial charge in [-0.25, -0.2) is 17.9 Å². The minimum Gasteiger partial charge on any atom is -0.495 e. The van der Waals surface area contributed by atoms with E-state index in [-0.39, 0.29) is 22.8 Å². The molecule has 25 heavy (non-hydrogen) atoms. The number of aryl methyl sites for hydroxylation is 2. The molecule has 2 aromatic rings. The summed E-state index contributed by atoms with van der Waals surface area (Å²) in [7, 11) is -1.10. The van der Waals surface area contributed by atoms with Crippen molar-refractivity contribution < 1.29 is 22.7 Å². The molecule has 0 saturated carbocycles. The van der Waals surface area contributed by atoms with Crippen molar-refractivity contribution in [2.24, 2.45) is 0 Å². The lowest BCUT2D eigenvalue weighted by Gasteiger charge is -2.12. The molecule has 0 spiro atoms. The lowest BCUT2D eigenvalue weighted by atomic mass is 10.1. The molecule has 6 nitrogen and oxygen atoms in total. The first-order chi connectivity index (χ1) is 11.8. The van der Waals surface area contributed by atoms with E-state index in [0.29, 0.717) is 0 Å². The molecule has 7 heteroatoms. The molecule has 2 aromatic carbocycles. The highest BCUT2D eigenvalue weighted by Gasteiger charge is 2.20. The van der Waals surface area contributed by atoms with Crippen LogP contribution in [-0.4, -0.2) is 28.5 Å². The van der Waals surface area contributed by atoms with Crippen molar-refractivity contribution in [2.45, 2.75) is 25.3 Å². The molecule has 134 valence electrons. The molecule has 0 aliphatic carbocycles. The maximum atomic E-state index is 12.3. The summed E-state index contributed by atoms with van der Waals surface area (Å²) in [6.45, 7) is 4.02. The van der Waals surface area contributed by atoms with Crippen molar-refractivity contribution in [3.8, 4) is 5.75 Å². The highest BCUT2D eigenvalue weighted by atomic mass is 32.2. The molecular weight excluding hydrogens is 342 g/mol. The second-order valence-corrected chi connectivity index (χ2v) is 7.43. The molecule has 0 radical (unpaired) electrons. The number of esters is 1. The lowest BCUT2D eigenvalue weighted by Crippen LogP contribution is -2.20. The summed E-state index contributed by atoms with van der Waals surface area (Å²) in [5.41, 5.74) is 3.14. The third kappa shape index (κ3) is 4.37. The van der Waals surface area contributed by atoms with Gasteiger partial charge in [0, 0.05) is 0 Å². The highest BCUT2D eigenvalue weighted by molar-refractivity contribution is 7.89. The minimum absolute atomic E-state index is 0.112. The number of carbonyl (C=O) groups is 1. The SMILES string of the molecule is CNS(=O)(=O)c1cc(C(=O)OCc2cc(C)ccc2C)ccc1OC. The fourth-order valence-electron chi connectivity index (χ4n) is 2.31. The number of hydrogen-bond acceptors (Lipinski definition) is 5. The average molecular weight is 363 g/mol. The monoisotopic (exact) mass is 363 g/mol. The first kappa shape index (κ1) is 19.0. The standard InChI is InChI=1S/C18H21NO5S/c1-12-5-6-13(2)15(9-12)11-24-18(20)14-7-8-16(23-4)17(10-14)25(21,22)19-3/h5-10,19H,11H2,1-4H3. The molecule has 0 fully saturated rings. The second kappa shape index (κ2) is 7.67. The number of benzene rings is 2. The summed E-state index contributed by atoms with van der Waals surface area (Å²) in [5.74, 6) is -0.448. The van der Waals surface area contributed by atoms with Gasteiger partial charge in [-0.15, -0.1) is 0 Å². The second-order valence-electron chi connectivity index (χ2n) is 5.58. The molecule has 0 amide bonds. The van der Waals surface area contributed by atoms with E-state index >= 15 is 0 Å². The number of rotatable bonds is 6. The van der Waals surface area contributed by atoms with Gasteiger partial charge < -0.3 is 9.47 Å². The van der Waals surface area contributed by atoms with E-state index in [9.17, 15) is 13.2 Å². The third-order valence-corrected chi connectivity index (χ3v) is 5.26. The number of carbonyl (C=O) groups excluding carboxylic acids is 1. The van der Waals surface area contributed by atoms with Gasteiger partial charge in [-0.1, -0.05) is 23.8 Å². The quantitative estimate of drug-likeness (QED) is 0.798. The van der Waals surface area contributed by atoms with Gasteiger partial charge in [0.05, 0.1) is 12.7 Å². The molecule has 0 unspecified atom stereocenters. The van der Waals surface area contributed by atoms with Crippen molar-refractivity contribution in [2.75, 3.05) is 14.2 Å². The van der Waals surface area contributed by atoms with Crippen molar-refractivity contribution in [3.63, 3.8) is 0 Å². The van der Waals surface area contributed by atoms with Crippen LogP contribution in [0.2, 0.25) is 0 Å². The third-order valence-electron chi connectivity index (χ3n) is 3.82. The number of ether oxygens (including phenoxy) is 2. The minimum atomic E-state index is -3.76. The van der Waals surface area contributed by atoms with Gasteiger partial charge in [-0.2, -0.15) is 0 Å². The number of nitrogens with one attached hydrogen (secondary N) is 1. The van der Waals surface area contributed by atoms with Crippen LogP contribution in [0.25, 0.3) is 0 Å². The van der Waals surface area contributed by atoms with E-state index in [0.717, 1.165) is 16.7 Å². The zero-order chi connectivity index (χ0) is 18.6. The molecule has 0 saturated heterocycles. The van der Waals surface area contributed by atoms with E-state index in [2.05, 4.69) is 4.72 Å². The predicted octanol–water partition coefficient (Wildman–Crippen LogP) is 2.58. The summed E-state index contributed by atoms with van der Waals surface area (Å²) in [4.78, 5) is 12.2. The van der Waals surface area contributed by atoms with E-state index in [1.807, 2.05) is 32.0 Å². The molecule has 0 bridgehead atoms. The van der Waals surface area contributed by atoms with Gasteiger partial charge in [-0.3, -0.25) is 0 Å². The summed E-state index contributed by atoms with van der Waals surface area (Å²) in [6.07, 6.45) is 0. The van der Waals surface area contributed by atoms with Crippen LogP contribution in [0.1, 0.15) is 27.0 Å². The number of sulfonamides is 1. The Hall–Kier alpha value is -2.38. The predicted molar refractivity (Wildman–Crippen MR) is 94.3 cm³/mol. The molecule has 2 rings (SSSR count). The Labute approximate surface area is 147 Å². The lowest BCUT2D eigenvalue weighted by molar-refractivity contribution is 0.0471. The summed E-state index contributed by atoms with van der Waals surface area (Å²) >= 11 is 0. The smallest absolute Gasteiger partial charge is 0.338 e. The summed E-state index contributed by atoms with van der Waals surface area (Å²) in [6, 6.07) is 10.0. The van der Waals surface area contributed by atoms with E-state index in [4.69, 9.17) is 9.47 Å². The largest absolute Gasteiger partial charge is 0.495 e. The molecule has 1 N–H and O–H groups in total. The Balaban J connectivity index is 2.25. The first-order valence-corrected chi connectivity index (χ1v) is 9.11. The van der Waals surface area contributed by atoms with Gasteiger partial charge in [0.2, 0.25) is 10.0 Å². The molecule has 0 aliphatic rings. The Kier molecular flexibility index (Phi) is 5.81. The van der Waals surface area contributed by atoms with Gasteiger partial charge in [0.1, 0.15) is 17.3 Å². The number of methoxy groups -OCH3 is 1. The van der Waals surface area contributed by atoms with Gasteiger partial charge in [0.25, 0.3) is 0 Å². The average Bonchev–Trinajstić information content (AvgIpc) is 2.61. The van der Waals surface area contributed by atoms with Crippen LogP contribution in [0.15, 0.2) is 41.3 Å². The first-order valence-electron chi connectivity index (χ1n) is 7.63.